The van der Waals surface area contributed by atoms with Gasteiger partial charge in [0.15, 0.2) is 0 Å². The van der Waals surface area contributed by atoms with Gasteiger partial charge in [0, 0.05) is 38.1 Å². The SMILES string of the molecule is CN1CCN(C(=O)c2cc3c([nH]c2=O)CCC3)Cc2ccccc21. The maximum atomic E-state index is 13.0. The van der Waals surface area contributed by atoms with Crippen molar-refractivity contribution in [1.82, 2.24) is 9.88 Å². The van der Waals surface area contributed by atoms with Crippen molar-refractivity contribution in [3.63, 3.8) is 0 Å². The fraction of sp³-hybridized carbons (Fsp3) is 0.368. The number of carbonyl (C=O) groups is 1. The summed E-state index contributed by atoms with van der Waals surface area (Å²) in [4.78, 5) is 32.2. The third-order valence-corrected chi connectivity index (χ3v) is 5.08. The quantitative estimate of drug-likeness (QED) is 0.873. The number of aromatic nitrogens is 1. The van der Waals surface area contributed by atoms with Gasteiger partial charge in [-0.15, -0.1) is 0 Å². The molecule has 1 amide bonds. The molecule has 2 aliphatic rings. The molecule has 2 heterocycles. The Morgan fingerprint density at radius 3 is 2.83 bits per heavy atom. The van der Waals surface area contributed by atoms with E-state index in [0.29, 0.717) is 13.1 Å². The lowest BCUT2D eigenvalue weighted by Gasteiger charge is -2.21. The lowest BCUT2D eigenvalue weighted by atomic mass is 10.1. The first-order chi connectivity index (χ1) is 11.6. The summed E-state index contributed by atoms with van der Waals surface area (Å²) < 4.78 is 0. The number of aromatic amines is 1. The van der Waals surface area contributed by atoms with Crippen molar-refractivity contribution < 1.29 is 4.79 Å². The van der Waals surface area contributed by atoms with E-state index in [1.807, 2.05) is 31.3 Å². The molecule has 0 saturated heterocycles. The first kappa shape index (κ1) is 15.0. The number of hydrogen-bond acceptors (Lipinski definition) is 3. The highest BCUT2D eigenvalue weighted by Crippen LogP contribution is 2.25. The Bertz CT molecular complexity index is 856. The second kappa shape index (κ2) is 5.82. The predicted molar refractivity (Wildman–Crippen MR) is 93.5 cm³/mol. The van der Waals surface area contributed by atoms with Crippen LogP contribution in [0.4, 0.5) is 5.69 Å². The van der Waals surface area contributed by atoms with E-state index in [2.05, 4.69) is 16.0 Å². The van der Waals surface area contributed by atoms with Gasteiger partial charge in [-0.3, -0.25) is 9.59 Å². The van der Waals surface area contributed by atoms with Gasteiger partial charge >= 0.3 is 0 Å². The largest absolute Gasteiger partial charge is 0.373 e. The second-order valence-electron chi connectivity index (χ2n) is 6.65. The van der Waals surface area contributed by atoms with Crippen molar-refractivity contribution in [1.29, 1.82) is 0 Å². The first-order valence-electron chi connectivity index (χ1n) is 8.47. The van der Waals surface area contributed by atoms with Crippen molar-refractivity contribution in [2.24, 2.45) is 0 Å². The lowest BCUT2D eigenvalue weighted by molar-refractivity contribution is 0.0750. The molecule has 1 aromatic heterocycles. The number of rotatable bonds is 1. The van der Waals surface area contributed by atoms with Gasteiger partial charge in [0.2, 0.25) is 0 Å². The Balaban J connectivity index is 1.67. The zero-order valence-electron chi connectivity index (χ0n) is 13.8. The molecule has 2 aromatic rings. The Morgan fingerprint density at radius 2 is 1.96 bits per heavy atom. The van der Waals surface area contributed by atoms with Crippen LogP contribution in [0.25, 0.3) is 0 Å². The zero-order valence-corrected chi connectivity index (χ0v) is 13.8. The van der Waals surface area contributed by atoms with Gasteiger partial charge < -0.3 is 14.8 Å². The second-order valence-corrected chi connectivity index (χ2v) is 6.65. The van der Waals surface area contributed by atoms with Gasteiger partial charge in [-0.1, -0.05) is 18.2 Å². The van der Waals surface area contributed by atoms with E-state index >= 15 is 0 Å². The minimum absolute atomic E-state index is 0.170. The summed E-state index contributed by atoms with van der Waals surface area (Å²) in [7, 11) is 2.04. The number of anilines is 1. The molecule has 1 aliphatic carbocycles. The number of pyridine rings is 1. The van der Waals surface area contributed by atoms with Crippen LogP contribution in [0.3, 0.4) is 0 Å². The molecule has 1 aliphatic heterocycles. The van der Waals surface area contributed by atoms with E-state index in [9.17, 15) is 9.59 Å². The predicted octanol–water partition coefficient (Wildman–Crippen LogP) is 1.96. The Hall–Kier alpha value is -2.56. The van der Waals surface area contributed by atoms with Crippen LogP contribution in [0.1, 0.15) is 33.6 Å². The third-order valence-electron chi connectivity index (χ3n) is 5.08. The van der Waals surface area contributed by atoms with Gasteiger partial charge in [0.1, 0.15) is 5.56 Å². The van der Waals surface area contributed by atoms with Crippen LogP contribution in [0, 0.1) is 0 Å². The molecule has 0 fully saturated rings. The highest BCUT2D eigenvalue weighted by atomic mass is 16.2. The molecule has 5 heteroatoms. The molecule has 0 atom stereocenters. The molecule has 4 rings (SSSR count). The monoisotopic (exact) mass is 323 g/mol. The summed E-state index contributed by atoms with van der Waals surface area (Å²) in [6.07, 6.45) is 2.89. The van der Waals surface area contributed by atoms with Crippen LogP contribution in [0.2, 0.25) is 0 Å². The highest BCUT2D eigenvalue weighted by molar-refractivity contribution is 5.94. The van der Waals surface area contributed by atoms with E-state index in [0.717, 1.165) is 48.3 Å². The molecule has 0 radical (unpaired) electrons. The van der Waals surface area contributed by atoms with Gasteiger partial charge in [0.05, 0.1) is 0 Å². The minimum Gasteiger partial charge on any atom is -0.373 e. The number of para-hydroxylation sites is 1. The van der Waals surface area contributed by atoms with E-state index in [1.165, 1.54) is 0 Å². The van der Waals surface area contributed by atoms with Crippen molar-refractivity contribution in [3.05, 3.63) is 63.1 Å². The van der Waals surface area contributed by atoms with Gasteiger partial charge in [-0.25, -0.2) is 0 Å². The number of benzene rings is 1. The fourth-order valence-corrected chi connectivity index (χ4v) is 3.71. The molecule has 124 valence electrons. The Morgan fingerprint density at radius 1 is 1.12 bits per heavy atom. The van der Waals surface area contributed by atoms with Gasteiger partial charge in [0.25, 0.3) is 11.5 Å². The summed E-state index contributed by atoms with van der Waals surface area (Å²) in [5.74, 6) is -0.170. The number of fused-ring (bicyclic) bond motifs is 2. The molecule has 1 aromatic carbocycles. The molecule has 0 saturated carbocycles. The Kier molecular flexibility index (Phi) is 3.63. The van der Waals surface area contributed by atoms with Crippen molar-refractivity contribution in [3.8, 4) is 0 Å². The van der Waals surface area contributed by atoms with Crippen molar-refractivity contribution in [2.45, 2.75) is 25.8 Å². The maximum absolute atomic E-state index is 13.0. The van der Waals surface area contributed by atoms with E-state index in [4.69, 9.17) is 0 Å². The Labute approximate surface area is 140 Å². The minimum atomic E-state index is -0.258. The summed E-state index contributed by atoms with van der Waals surface area (Å²) >= 11 is 0. The number of aryl methyl sites for hydroxylation is 2. The van der Waals surface area contributed by atoms with Crippen molar-refractivity contribution in [2.75, 3.05) is 25.0 Å². The summed E-state index contributed by atoms with van der Waals surface area (Å²) in [5, 5.41) is 0. The highest BCUT2D eigenvalue weighted by Gasteiger charge is 2.25. The summed E-state index contributed by atoms with van der Waals surface area (Å²) in [6.45, 7) is 1.90. The standard InChI is InChI=1S/C19H21N3O2/c1-21-9-10-22(12-14-5-2-3-8-17(14)21)19(24)15-11-13-6-4-7-16(13)20-18(15)23/h2-3,5,8,11H,4,6-7,9-10,12H2,1H3,(H,20,23). The molecule has 5 nitrogen and oxygen atoms in total. The molecular formula is C19H21N3O2. The van der Waals surface area contributed by atoms with Crippen LogP contribution in [0.5, 0.6) is 0 Å². The van der Waals surface area contributed by atoms with E-state index in [-0.39, 0.29) is 17.0 Å². The number of carbonyl (C=O) groups excluding carboxylic acids is 1. The first-order valence-corrected chi connectivity index (χ1v) is 8.47. The van der Waals surface area contributed by atoms with Gasteiger partial charge in [-0.2, -0.15) is 0 Å². The number of H-pyrrole nitrogens is 1. The average molecular weight is 323 g/mol. The van der Waals surface area contributed by atoms with Crippen molar-refractivity contribution >= 4 is 11.6 Å². The zero-order chi connectivity index (χ0) is 16.7. The molecule has 0 bridgehead atoms. The summed E-state index contributed by atoms with van der Waals surface area (Å²) in [5.41, 5.74) is 4.39. The van der Waals surface area contributed by atoms with Crippen LogP contribution < -0.4 is 10.5 Å². The average Bonchev–Trinajstić information content (AvgIpc) is 2.97. The molecule has 0 unspecified atom stereocenters. The maximum Gasteiger partial charge on any atom is 0.261 e. The number of likely N-dealkylation sites (N-methyl/N-ethyl adjacent to an activating group) is 1. The fourth-order valence-electron chi connectivity index (χ4n) is 3.71. The van der Waals surface area contributed by atoms with Crippen LogP contribution in [-0.4, -0.2) is 35.9 Å². The van der Waals surface area contributed by atoms with Crippen LogP contribution in [0.15, 0.2) is 35.1 Å². The van der Waals surface area contributed by atoms with E-state index in [1.54, 1.807) is 4.90 Å². The molecule has 24 heavy (non-hydrogen) atoms. The molecular weight excluding hydrogens is 302 g/mol. The smallest absolute Gasteiger partial charge is 0.261 e. The number of hydrogen-bond donors (Lipinski definition) is 1. The molecule has 0 spiro atoms. The van der Waals surface area contributed by atoms with E-state index < -0.39 is 0 Å². The normalized spacial score (nSPS) is 16.5. The van der Waals surface area contributed by atoms with Gasteiger partial charge in [-0.05, 0) is 42.5 Å². The summed E-state index contributed by atoms with van der Waals surface area (Å²) in [6, 6.07) is 9.93. The topological polar surface area (TPSA) is 56.4 Å². The number of nitrogens with zero attached hydrogens (tertiary/aromatic N) is 2. The third kappa shape index (κ3) is 2.50. The number of nitrogens with one attached hydrogen (secondary N) is 1. The van der Waals surface area contributed by atoms with Crippen LogP contribution >= 0.6 is 0 Å². The van der Waals surface area contributed by atoms with Crippen LogP contribution in [-0.2, 0) is 19.4 Å². The lowest BCUT2D eigenvalue weighted by Crippen LogP contribution is -2.37. The molecule has 1 N–H and O–H groups in total. The number of amides is 1.